The summed E-state index contributed by atoms with van der Waals surface area (Å²) in [6.45, 7) is 5.91. The molecule has 1 amide bonds. The second-order valence-corrected chi connectivity index (χ2v) is 3.96. The first-order valence-corrected chi connectivity index (χ1v) is 4.22. The van der Waals surface area contributed by atoms with Crippen molar-refractivity contribution in [2.45, 2.75) is 26.3 Å². The van der Waals surface area contributed by atoms with Gasteiger partial charge in [0.15, 0.2) is 0 Å². The minimum absolute atomic E-state index is 0.0244. The molecule has 1 heterocycles. The maximum absolute atomic E-state index is 10.4. The molecule has 1 saturated heterocycles. The molecule has 0 unspecified atom stereocenters. The lowest BCUT2D eigenvalue weighted by molar-refractivity contribution is 0.152. The number of amides is 1. The summed E-state index contributed by atoms with van der Waals surface area (Å²) in [7, 11) is 0. The Morgan fingerprint density at radius 2 is 2.33 bits per heavy atom. The molecule has 0 saturated carbocycles. The van der Waals surface area contributed by atoms with Crippen molar-refractivity contribution >= 4 is 6.09 Å². The molecule has 4 heteroatoms. The van der Waals surface area contributed by atoms with Gasteiger partial charge in [-0.15, -0.1) is 0 Å². The van der Waals surface area contributed by atoms with Crippen molar-refractivity contribution in [3.05, 3.63) is 0 Å². The van der Waals surface area contributed by atoms with Crippen molar-refractivity contribution in [1.82, 2.24) is 10.6 Å². The van der Waals surface area contributed by atoms with Gasteiger partial charge >= 0.3 is 6.09 Å². The standard InChI is InChI=1S/C8H16N2O2/c1-8(2)5-9-4-3-6(8)10-7(11)12/h6,9-10H,3-5H2,1-2H3,(H,11,12)/t6-/m1/s1. The molecule has 1 rings (SSSR count). The average molecular weight is 172 g/mol. The fourth-order valence-corrected chi connectivity index (χ4v) is 1.59. The van der Waals surface area contributed by atoms with Crippen LogP contribution in [0.4, 0.5) is 4.79 Å². The SMILES string of the molecule is CC1(C)CNCC[C@H]1NC(=O)O. The van der Waals surface area contributed by atoms with Crippen LogP contribution < -0.4 is 10.6 Å². The summed E-state index contributed by atoms with van der Waals surface area (Å²) in [5, 5.41) is 14.4. The number of rotatable bonds is 1. The Bertz CT molecular complexity index is 180. The van der Waals surface area contributed by atoms with Gasteiger partial charge < -0.3 is 15.7 Å². The van der Waals surface area contributed by atoms with Gasteiger partial charge in [-0.2, -0.15) is 0 Å². The first kappa shape index (κ1) is 9.32. The minimum atomic E-state index is -0.921. The van der Waals surface area contributed by atoms with Gasteiger partial charge in [0.1, 0.15) is 0 Å². The number of nitrogens with one attached hydrogen (secondary N) is 2. The molecular weight excluding hydrogens is 156 g/mol. The van der Waals surface area contributed by atoms with Gasteiger partial charge in [0, 0.05) is 12.6 Å². The summed E-state index contributed by atoms with van der Waals surface area (Å²) in [5.41, 5.74) is 0.0244. The molecule has 4 nitrogen and oxygen atoms in total. The molecule has 1 aliphatic rings. The maximum atomic E-state index is 10.4. The summed E-state index contributed by atoms with van der Waals surface area (Å²) in [6.07, 6.45) is -0.0470. The first-order chi connectivity index (χ1) is 5.52. The summed E-state index contributed by atoms with van der Waals surface area (Å²) in [5.74, 6) is 0. The van der Waals surface area contributed by atoms with Gasteiger partial charge in [-0.3, -0.25) is 0 Å². The maximum Gasteiger partial charge on any atom is 0.404 e. The van der Waals surface area contributed by atoms with E-state index in [1.54, 1.807) is 0 Å². The highest BCUT2D eigenvalue weighted by atomic mass is 16.4. The van der Waals surface area contributed by atoms with Gasteiger partial charge in [-0.05, 0) is 18.4 Å². The van der Waals surface area contributed by atoms with Crippen LogP contribution in [-0.2, 0) is 0 Å². The lowest BCUT2D eigenvalue weighted by atomic mass is 9.80. The predicted octanol–water partition coefficient (Wildman–Crippen LogP) is 0.642. The van der Waals surface area contributed by atoms with Gasteiger partial charge in [0.2, 0.25) is 0 Å². The normalized spacial score (nSPS) is 28.0. The van der Waals surface area contributed by atoms with Crippen molar-refractivity contribution in [1.29, 1.82) is 0 Å². The van der Waals surface area contributed by atoms with Crippen molar-refractivity contribution in [2.24, 2.45) is 5.41 Å². The van der Waals surface area contributed by atoms with Crippen molar-refractivity contribution in [3.8, 4) is 0 Å². The Labute approximate surface area is 72.3 Å². The number of hydrogen-bond acceptors (Lipinski definition) is 2. The zero-order valence-electron chi connectivity index (χ0n) is 7.55. The monoisotopic (exact) mass is 172 g/mol. The Hall–Kier alpha value is -0.770. The van der Waals surface area contributed by atoms with E-state index in [4.69, 9.17) is 5.11 Å². The Kier molecular flexibility index (Phi) is 2.57. The molecule has 0 aliphatic carbocycles. The van der Waals surface area contributed by atoms with Crippen LogP contribution in [0.3, 0.4) is 0 Å². The van der Waals surface area contributed by atoms with E-state index in [-0.39, 0.29) is 11.5 Å². The lowest BCUT2D eigenvalue weighted by Gasteiger charge is -2.38. The molecular formula is C8H16N2O2. The molecule has 0 aromatic carbocycles. The second kappa shape index (κ2) is 3.31. The molecule has 70 valence electrons. The Morgan fingerprint density at radius 1 is 1.67 bits per heavy atom. The van der Waals surface area contributed by atoms with E-state index in [9.17, 15) is 4.79 Å². The molecule has 1 atom stereocenters. The van der Waals surface area contributed by atoms with Gasteiger partial charge in [0.05, 0.1) is 0 Å². The highest BCUT2D eigenvalue weighted by molar-refractivity contribution is 5.65. The second-order valence-electron chi connectivity index (χ2n) is 3.96. The minimum Gasteiger partial charge on any atom is -0.465 e. The number of hydrogen-bond donors (Lipinski definition) is 3. The molecule has 1 fully saturated rings. The predicted molar refractivity (Wildman–Crippen MR) is 46.2 cm³/mol. The third kappa shape index (κ3) is 2.11. The highest BCUT2D eigenvalue weighted by Crippen LogP contribution is 2.24. The quantitative estimate of drug-likeness (QED) is 0.544. The van der Waals surface area contributed by atoms with Crippen LogP contribution in [0, 0.1) is 5.41 Å². The summed E-state index contributed by atoms with van der Waals surface area (Å²) >= 11 is 0. The third-order valence-electron chi connectivity index (χ3n) is 2.43. The summed E-state index contributed by atoms with van der Waals surface area (Å²) in [6, 6.07) is 0.0799. The van der Waals surface area contributed by atoms with Gasteiger partial charge in [-0.1, -0.05) is 13.8 Å². The first-order valence-electron chi connectivity index (χ1n) is 4.22. The zero-order chi connectivity index (χ0) is 9.19. The smallest absolute Gasteiger partial charge is 0.404 e. The highest BCUT2D eigenvalue weighted by Gasteiger charge is 2.32. The molecule has 0 spiro atoms. The Balaban J connectivity index is 2.54. The fourth-order valence-electron chi connectivity index (χ4n) is 1.59. The van der Waals surface area contributed by atoms with Crippen molar-refractivity contribution < 1.29 is 9.90 Å². The van der Waals surface area contributed by atoms with E-state index in [1.807, 2.05) is 0 Å². The zero-order valence-corrected chi connectivity index (χ0v) is 7.55. The van der Waals surface area contributed by atoms with Gasteiger partial charge in [0.25, 0.3) is 0 Å². The molecule has 0 bridgehead atoms. The van der Waals surface area contributed by atoms with E-state index in [1.165, 1.54) is 0 Å². The largest absolute Gasteiger partial charge is 0.465 e. The van der Waals surface area contributed by atoms with E-state index in [0.29, 0.717) is 0 Å². The van der Waals surface area contributed by atoms with Crippen molar-refractivity contribution in [3.63, 3.8) is 0 Å². The topological polar surface area (TPSA) is 61.4 Å². The summed E-state index contributed by atoms with van der Waals surface area (Å²) < 4.78 is 0. The van der Waals surface area contributed by atoms with Gasteiger partial charge in [-0.25, -0.2) is 4.79 Å². The van der Waals surface area contributed by atoms with E-state index < -0.39 is 6.09 Å². The van der Waals surface area contributed by atoms with Crippen LogP contribution in [0.1, 0.15) is 20.3 Å². The van der Waals surface area contributed by atoms with Crippen molar-refractivity contribution in [2.75, 3.05) is 13.1 Å². The summed E-state index contributed by atoms with van der Waals surface area (Å²) in [4.78, 5) is 10.4. The molecule has 12 heavy (non-hydrogen) atoms. The van der Waals surface area contributed by atoms with E-state index in [0.717, 1.165) is 19.5 Å². The molecule has 1 aliphatic heterocycles. The molecule has 0 aromatic heterocycles. The lowest BCUT2D eigenvalue weighted by Crippen LogP contribution is -2.54. The Morgan fingerprint density at radius 3 is 2.83 bits per heavy atom. The number of carbonyl (C=O) groups is 1. The van der Waals surface area contributed by atoms with E-state index >= 15 is 0 Å². The van der Waals surface area contributed by atoms with E-state index in [2.05, 4.69) is 24.5 Å². The average Bonchev–Trinajstić information content (AvgIpc) is 1.92. The number of carboxylic acid groups (broad SMARTS) is 1. The van der Waals surface area contributed by atoms with Crippen LogP contribution in [0.5, 0.6) is 0 Å². The van der Waals surface area contributed by atoms with Crippen LogP contribution in [0.25, 0.3) is 0 Å². The molecule has 3 N–H and O–H groups in total. The third-order valence-corrected chi connectivity index (χ3v) is 2.43. The molecule has 0 radical (unpaired) electrons. The van der Waals surface area contributed by atoms with Crippen LogP contribution in [-0.4, -0.2) is 30.3 Å². The van der Waals surface area contributed by atoms with Crippen LogP contribution in [0.2, 0.25) is 0 Å². The van der Waals surface area contributed by atoms with Crippen LogP contribution >= 0.6 is 0 Å². The van der Waals surface area contributed by atoms with Crippen LogP contribution in [0.15, 0.2) is 0 Å². The molecule has 0 aromatic rings. The fraction of sp³-hybridized carbons (Fsp3) is 0.875. The number of piperidine rings is 1.